The maximum atomic E-state index is 12.8. The van der Waals surface area contributed by atoms with Crippen LogP contribution in [0.15, 0.2) is 30.4 Å². The lowest BCUT2D eigenvalue weighted by Crippen LogP contribution is -2.09. The molecule has 16 heavy (non-hydrogen) atoms. The summed E-state index contributed by atoms with van der Waals surface area (Å²) in [5.41, 5.74) is 0.812. The molecule has 4 heteroatoms. The number of carbonyl (C=O) groups is 1. The van der Waals surface area contributed by atoms with Crippen LogP contribution in [-0.2, 0) is 9.53 Å². The Morgan fingerprint density at radius 1 is 1.56 bits per heavy atom. The predicted octanol–water partition coefficient (Wildman–Crippen LogP) is 2.71. The van der Waals surface area contributed by atoms with Gasteiger partial charge in [-0.3, -0.25) is 0 Å². The topological polar surface area (TPSA) is 46.5 Å². The van der Waals surface area contributed by atoms with Crippen molar-refractivity contribution in [3.05, 3.63) is 41.7 Å². The minimum atomic E-state index is -0.706. The first-order valence-corrected chi connectivity index (χ1v) is 4.76. The molecule has 0 amide bonds. The molecule has 0 radical (unpaired) electrons. The zero-order valence-corrected chi connectivity index (χ0v) is 9.16. The Morgan fingerprint density at radius 2 is 2.19 bits per heavy atom. The normalized spacial score (nSPS) is 11.9. The maximum Gasteiger partial charge on any atom is 0.333 e. The van der Waals surface area contributed by atoms with Crippen molar-refractivity contribution < 1.29 is 19.0 Å². The number of phenols is 1. The van der Waals surface area contributed by atoms with Crippen LogP contribution in [0.25, 0.3) is 0 Å². The Balaban J connectivity index is 2.81. The molecule has 0 heterocycles. The van der Waals surface area contributed by atoms with Crippen LogP contribution in [0.4, 0.5) is 4.39 Å². The average molecular weight is 224 g/mol. The molecule has 0 saturated carbocycles. The zero-order chi connectivity index (χ0) is 12.3. The van der Waals surface area contributed by atoms with Crippen molar-refractivity contribution in [1.29, 1.82) is 0 Å². The summed E-state index contributed by atoms with van der Waals surface area (Å²) in [4.78, 5) is 11.2. The molecule has 86 valence electrons. The number of rotatable bonds is 3. The Labute approximate surface area is 93.2 Å². The molecule has 1 unspecified atom stereocenters. The smallest absolute Gasteiger partial charge is 0.333 e. The van der Waals surface area contributed by atoms with Gasteiger partial charge in [0, 0.05) is 5.57 Å². The SMILES string of the molecule is C=C(C)C(=O)OC(C)c1ccc(F)c(O)c1. The van der Waals surface area contributed by atoms with E-state index in [4.69, 9.17) is 9.84 Å². The van der Waals surface area contributed by atoms with Crippen LogP contribution >= 0.6 is 0 Å². The predicted molar refractivity (Wildman–Crippen MR) is 57.4 cm³/mol. The highest BCUT2D eigenvalue weighted by atomic mass is 19.1. The van der Waals surface area contributed by atoms with Gasteiger partial charge in [0.2, 0.25) is 0 Å². The molecule has 0 bridgehead atoms. The van der Waals surface area contributed by atoms with Gasteiger partial charge >= 0.3 is 5.97 Å². The van der Waals surface area contributed by atoms with Gasteiger partial charge in [0.05, 0.1) is 0 Å². The van der Waals surface area contributed by atoms with Crippen LogP contribution in [0.2, 0.25) is 0 Å². The van der Waals surface area contributed by atoms with E-state index in [1.54, 1.807) is 6.92 Å². The minimum Gasteiger partial charge on any atom is -0.505 e. The number of benzene rings is 1. The Bertz CT molecular complexity index is 426. The van der Waals surface area contributed by atoms with Crippen LogP contribution in [0, 0.1) is 5.82 Å². The lowest BCUT2D eigenvalue weighted by molar-refractivity contribution is -0.143. The van der Waals surface area contributed by atoms with Crippen molar-refractivity contribution in [2.75, 3.05) is 0 Å². The van der Waals surface area contributed by atoms with E-state index in [-0.39, 0.29) is 5.57 Å². The third kappa shape index (κ3) is 2.82. The summed E-state index contributed by atoms with van der Waals surface area (Å²) < 4.78 is 17.8. The molecule has 1 atom stereocenters. The van der Waals surface area contributed by atoms with Crippen LogP contribution in [0.3, 0.4) is 0 Å². The van der Waals surface area contributed by atoms with Gasteiger partial charge in [0.1, 0.15) is 6.10 Å². The fourth-order valence-electron chi connectivity index (χ4n) is 1.11. The van der Waals surface area contributed by atoms with Crippen LogP contribution in [-0.4, -0.2) is 11.1 Å². The second kappa shape index (κ2) is 4.79. The van der Waals surface area contributed by atoms with E-state index in [1.807, 2.05) is 0 Å². The molecule has 1 rings (SSSR count). The molecule has 3 nitrogen and oxygen atoms in total. The molecule has 1 aromatic carbocycles. The number of hydrogen-bond donors (Lipinski definition) is 1. The van der Waals surface area contributed by atoms with Gasteiger partial charge in [0.15, 0.2) is 11.6 Å². The van der Waals surface area contributed by atoms with E-state index in [9.17, 15) is 9.18 Å². The Morgan fingerprint density at radius 3 is 2.69 bits per heavy atom. The summed E-state index contributed by atoms with van der Waals surface area (Å²) >= 11 is 0. The van der Waals surface area contributed by atoms with Gasteiger partial charge in [0.25, 0.3) is 0 Å². The number of aromatic hydroxyl groups is 1. The maximum absolute atomic E-state index is 12.8. The first-order valence-electron chi connectivity index (χ1n) is 4.76. The zero-order valence-electron chi connectivity index (χ0n) is 9.16. The van der Waals surface area contributed by atoms with Crippen molar-refractivity contribution >= 4 is 5.97 Å². The van der Waals surface area contributed by atoms with Gasteiger partial charge < -0.3 is 9.84 Å². The van der Waals surface area contributed by atoms with Gasteiger partial charge in [-0.2, -0.15) is 0 Å². The summed E-state index contributed by atoms with van der Waals surface area (Å²) in [7, 11) is 0. The fourth-order valence-corrected chi connectivity index (χ4v) is 1.11. The first kappa shape index (κ1) is 12.2. The number of ether oxygens (including phenoxy) is 1. The molecule has 1 aromatic rings. The van der Waals surface area contributed by atoms with E-state index < -0.39 is 23.6 Å². The van der Waals surface area contributed by atoms with E-state index in [1.165, 1.54) is 19.1 Å². The quantitative estimate of drug-likeness (QED) is 0.634. The first-order chi connectivity index (χ1) is 7.41. The third-order valence-corrected chi connectivity index (χ3v) is 2.07. The van der Waals surface area contributed by atoms with Crippen molar-refractivity contribution in [2.45, 2.75) is 20.0 Å². The van der Waals surface area contributed by atoms with Crippen LogP contribution in [0.5, 0.6) is 5.75 Å². The number of carbonyl (C=O) groups excluding carboxylic acids is 1. The van der Waals surface area contributed by atoms with Crippen molar-refractivity contribution in [1.82, 2.24) is 0 Å². The van der Waals surface area contributed by atoms with E-state index in [2.05, 4.69) is 6.58 Å². The summed E-state index contributed by atoms with van der Waals surface area (Å²) in [6.07, 6.45) is -0.560. The molecule has 0 saturated heterocycles. The number of esters is 1. The highest BCUT2D eigenvalue weighted by Crippen LogP contribution is 2.24. The molecule has 0 aliphatic carbocycles. The molecule has 0 aliphatic heterocycles. The van der Waals surface area contributed by atoms with Gasteiger partial charge in [-0.15, -0.1) is 0 Å². The summed E-state index contributed by atoms with van der Waals surface area (Å²) in [6.45, 7) is 6.62. The van der Waals surface area contributed by atoms with Crippen molar-refractivity contribution in [3.8, 4) is 5.75 Å². The van der Waals surface area contributed by atoms with Gasteiger partial charge in [-0.05, 0) is 31.5 Å². The summed E-state index contributed by atoms with van der Waals surface area (Å²) in [5, 5.41) is 9.16. The highest BCUT2D eigenvalue weighted by Gasteiger charge is 2.13. The fraction of sp³-hybridized carbons (Fsp3) is 0.250. The van der Waals surface area contributed by atoms with Gasteiger partial charge in [-0.1, -0.05) is 12.6 Å². The molecule has 0 aliphatic rings. The van der Waals surface area contributed by atoms with E-state index in [0.717, 1.165) is 6.07 Å². The molecular formula is C12H13FO3. The summed E-state index contributed by atoms with van der Waals surface area (Å²) in [6, 6.07) is 3.80. The number of phenolic OH excluding ortho intramolecular Hbond substituents is 1. The standard InChI is InChI=1S/C12H13FO3/c1-7(2)12(15)16-8(3)9-4-5-10(13)11(14)6-9/h4-6,8,14H,1H2,2-3H3. The molecule has 0 spiro atoms. The second-order valence-electron chi connectivity index (χ2n) is 3.54. The largest absolute Gasteiger partial charge is 0.505 e. The lowest BCUT2D eigenvalue weighted by Gasteiger charge is -2.13. The highest BCUT2D eigenvalue weighted by molar-refractivity contribution is 5.87. The molecule has 0 fully saturated rings. The van der Waals surface area contributed by atoms with Crippen LogP contribution < -0.4 is 0 Å². The minimum absolute atomic E-state index is 0.290. The summed E-state index contributed by atoms with van der Waals surface area (Å²) in [5.74, 6) is -1.69. The van der Waals surface area contributed by atoms with Crippen molar-refractivity contribution in [2.24, 2.45) is 0 Å². The Kier molecular flexibility index (Phi) is 3.66. The second-order valence-corrected chi connectivity index (χ2v) is 3.54. The third-order valence-electron chi connectivity index (χ3n) is 2.07. The monoisotopic (exact) mass is 224 g/mol. The number of halogens is 1. The Hall–Kier alpha value is -1.84. The van der Waals surface area contributed by atoms with E-state index in [0.29, 0.717) is 5.56 Å². The molecular weight excluding hydrogens is 211 g/mol. The number of hydrogen-bond acceptors (Lipinski definition) is 3. The van der Waals surface area contributed by atoms with Gasteiger partial charge in [-0.25, -0.2) is 9.18 Å². The molecule has 0 aromatic heterocycles. The molecule has 1 N–H and O–H groups in total. The van der Waals surface area contributed by atoms with E-state index >= 15 is 0 Å². The lowest BCUT2D eigenvalue weighted by atomic mass is 10.1. The van der Waals surface area contributed by atoms with Crippen molar-refractivity contribution in [3.63, 3.8) is 0 Å². The van der Waals surface area contributed by atoms with Crippen LogP contribution in [0.1, 0.15) is 25.5 Å². The average Bonchev–Trinajstić information content (AvgIpc) is 2.21.